The van der Waals surface area contributed by atoms with Crippen LogP contribution in [0.1, 0.15) is 12.0 Å². The van der Waals surface area contributed by atoms with E-state index in [1.54, 1.807) is 0 Å². The van der Waals surface area contributed by atoms with Gasteiger partial charge in [-0.05, 0) is 5.56 Å². The molecule has 2 rings (SSSR count). The number of thiazole rings is 1. The first kappa shape index (κ1) is 11.5. The normalized spacial score (nSPS) is 10.8. The monoisotopic (exact) mass is 244 g/mol. The number of anilines is 1. The molecule has 4 heteroatoms. The molecule has 1 heterocycles. The van der Waals surface area contributed by atoms with Crippen molar-refractivity contribution in [2.75, 3.05) is 5.73 Å². The summed E-state index contributed by atoms with van der Waals surface area (Å²) >= 11 is 1.43. The number of nitrogen functional groups attached to an aromatic ring is 1. The van der Waals surface area contributed by atoms with Gasteiger partial charge in [0.05, 0.1) is 5.69 Å². The Morgan fingerprint density at radius 2 is 2.06 bits per heavy atom. The van der Waals surface area contributed by atoms with Gasteiger partial charge >= 0.3 is 0 Å². The minimum Gasteiger partial charge on any atom is -0.375 e. The van der Waals surface area contributed by atoms with Gasteiger partial charge in [-0.1, -0.05) is 36.4 Å². The van der Waals surface area contributed by atoms with Crippen molar-refractivity contribution in [3.05, 3.63) is 41.3 Å². The maximum absolute atomic E-state index is 10.2. The second kappa shape index (κ2) is 5.41. The standard InChI is InChI=1S/C13H12N2OS/c14-13-15-12(9-17-13)11-6-4-10(5-7-11)3-1-2-8-16/h1,3-9H,2H2,(H2,14,15). The van der Waals surface area contributed by atoms with E-state index in [0.29, 0.717) is 11.6 Å². The smallest absolute Gasteiger partial charge is 0.180 e. The van der Waals surface area contributed by atoms with Crippen molar-refractivity contribution >= 4 is 28.8 Å². The summed E-state index contributed by atoms with van der Waals surface area (Å²) in [5, 5.41) is 2.52. The number of hydrogen-bond donors (Lipinski definition) is 1. The van der Waals surface area contributed by atoms with Crippen LogP contribution in [0.25, 0.3) is 17.3 Å². The van der Waals surface area contributed by atoms with Gasteiger partial charge in [-0.2, -0.15) is 0 Å². The van der Waals surface area contributed by atoms with Crippen LogP contribution < -0.4 is 5.73 Å². The molecule has 2 N–H and O–H groups in total. The number of carbonyl (C=O) groups excluding carboxylic acids is 1. The maximum Gasteiger partial charge on any atom is 0.180 e. The van der Waals surface area contributed by atoms with Gasteiger partial charge in [0, 0.05) is 17.4 Å². The molecule has 0 saturated carbocycles. The van der Waals surface area contributed by atoms with Gasteiger partial charge in [0.1, 0.15) is 6.29 Å². The van der Waals surface area contributed by atoms with Gasteiger partial charge in [0.2, 0.25) is 0 Å². The van der Waals surface area contributed by atoms with Gasteiger partial charge < -0.3 is 10.5 Å². The van der Waals surface area contributed by atoms with E-state index in [1.165, 1.54) is 11.3 Å². The van der Waals surface area contributed by atoms with Crippen LogP contribution in [0.5, 0.6) is 0 Å². The largest absolute Gasteiger partial charge is 0.375 e. The summed E-state index contributed by atoms with van der Waals surface area (Å²) in [6, 6.07) is 7.97. The van der Waals surface area contributed by atoms with Crippen molar-refractivity contribution < 1.29 is 4.79 Å². The topological polar surface area (TPSA) is 56.0 Å². The number of rotatable bonds is 4. The fourth-order valence-corrected chi connectivity index (χ4v) is 2.02. The Morgan fingerprint density at radius 3 is 2.65 bits per heavy atom. The van der Waals surface area contributed by atoms with E-state index in [9.17, 15) is 4.79 Å². The summed E-state index contributed by atoms with van der Waals surface area (Å²) in [6.07, 6.45) is 5.09. The Hall–Kier alpha value is -1.94. The van der Waals surface area contributed by atoms with E-state index >= 15 is 0 Å². The Bertz CT molecular complexity index is 529. The van der Waals surface area contributed by atoms with Gasteiger partial charge in [-0.25, -0.2) is 4.98 Å². The fourth-order valence-electron chi connectivity index (χ4n) is 1.44. The highest BCUT2D eigenvalue weighted by atomic mass is 32.1. The van der Waals surface area contributed by atoms with Crippen LogP contribution in [0.15, 0.2) is 35.7 Å². The first-order valence-corrected chi connectivity index (χ1v) is 6.09. The summed E-state index contributed by atoms with van der Waals surface area (Å²) in [4.78, 5) is 14.4. The molecule has 0 aliphatic rings. The third kappa shape index (κ3) is 3.01. The zero-order chi connectivity index (χ0) is 12.1. The molecule has 0 aliphatic carbocycles. The Labute approximate surface area is 104 Å². The minimum absolute atomic E-state index is 0.449. The molecule has 0 saturated heterocycles. The lowest BCUT2D eigenvalue weighted by molar-refractivity contribution is -0.107. The molecule has 0 fully saturated rings. The van der Waals surface area contributed by atoms with Gasteiger partial charge in [0.15, 0.2) is 5.13 Å². The van der Waals surface area contributed by atoms with E-state index in [2.05, 4.69) is 4.98 Å². The lowest BCUT2D eigenvalue weighted by Crippen LogP contribution is -1.83. The molecule has 0 spiro atoms. The first-order chi connectivity index (χ1) is 8.29. The second-order valence-corrected chi connectivity index (χ2v) is 4.39. The highest BCUT2D eigenvalue weighted by molar-refractivity contribution is 7.13. The van der Waals surface area contributed by atoms with Crippen LogP contribution in [0, 0.1) is 0 Å². The molecule has 0 unspecified atom stereocenters. The van der Waals surface area contributed by atoms with Crippen LogP contribution >= 0.6 is 11.3 Å². The highest BCUT2D eigenvalue weighted by Crippen LogP contribution is 2.23. The summed E-state index contributed by atoms with van der Waals surface area (Å²) in [5.41, 5.74) is 8.60. The maximum atomic E-state index is 10.2. The van der Waals surface area contributed by atoms with Crippen molar-refractivity contribution in [3.63, 3.8) is 0 Å². The van der Waals surface area contributed by atoms with Gasteiger partial charge in [0.25, 0.3) is 0 Å². The number of aldehydes is 1. The van der Waals surface area contributed by atoms with E-state index in [-0.39, 0.29) is 0 Å². The van der Waals surface area contributed by atoms with Crippen LogP contribution in [-0.4, -0.2) is 11.3 Å². The van der Waals surface area contributed by atoms with Crippen molar-refractivity contribution in [2.45, 2.75) is 6.42 Å². The van der Waals surface area contributed by atoms with E-state index in [0.717, 1.165) is 23.1 Å². The van der Waals surface area contributed by atoms with Gasteiger partial charge in [-0.15, -0.1) is 11.3 Å². The predicted molar refractivity (Wildman–Crippen MR) is 71.7 cm³/mol. The van der Waals surface area contributed by atoms with Crippen LogP contribution in [0.3, 0.4) is 0 Å². The van der Waals surface area contributed by atoms with Crippen molar-refractivity contribution in [1.29, 1.82) is 0 Å². The average Bonchev–Trinajstić information content (AvgIpc) is 2.77. The second-order valence-electron chi connectivity index (χ2n) is 3.50. The lowest BCUT2D eigenvalue weighted by atomic mass is 10.1. The molecule has 86 valence electrons. The molecule has 0 amide bonds. The Morgan fingerprint density at radius 1 is 1.29 bits per heavy atom. The quantitative estimate of drug-likeness (QED) is 0.841. The van der Waals surface area contributed by atoms with Gasteiger partial charge in [-0.3, -0.25) is 0 Å². The molecule has 3 nitrogen and oxygen atoms in total. The molecular formula is C13H12N2OS. The molecule has 0 aliphatic heterocycles. The molecular weight excluding hydrogens is 232 g/mol. The molecule has 0 bridgehead atoms. The number of carbonyl (C=O) groups is 1. The lowest BCUT2D eigenvalue weighted by Gasteiger charge is -1.97. The van der Waals surface area contributed by atoms with Crippen LogP contribution in [0.2, 0.25) is 0 Å². The molecule has 2 aromatic rings. The van der Waals surface area contributed by atoms with E-state index in [4.69, 9.17) is 5.73 Å². The average molecular weight is 244 g/mol. The predicted octanol–water partition coefficient (Wildman–Crippen LogP) is 2.99. The SMILES string of the molecule is Nc1nc(-c2ccc(C=CCC=O)cc2)cs1. The number of nitrogens with zero attached hydrogens (tertiary/aromatic N) is 1. The van der Waals surface area contributed by atoms with E-state index in [1.807, 2.05) is 41.8 Å². The Balaban J connectivity index is 2.15. The number of nitrogens with two attached hydrogens (primary N) is 1. The number of aromatic nitrogens is 1. The van der Waals surface area contributed by atoms with E-state index < -0.39 is 0 Å². The summed E-state index contributed by atoms with van der Waals surface area (Å²) in [6.45, 7) is 0. The zero-order valence-electron chi connectivity index (χ0n) is 9.17. The molecule has 0 atom stereocenters. The Kier molecular flexibility index (Phi) is 3.67. The first-order valence-electron chi connectivity index (χ1n) is 5.21. The van der Waals surface area contributed by atoms with Crippen molar-refractivity contribution in [3.8, 4) is 11.3 Å². The fraction of sp³-hybridized carbons (Fsp3) is 0.0769. The third-order valence-corrected chi connectivity index (χ3v) is 2.94. The van der Waals surface area contributed by atoms with Crippen molar-refractivity contribution in [2.24, 2.45) is 0 Å². The summed E-state index contributed by atoms with van der Waals surface area (Å²) in [7, 11) is 0. The minimum atomic E-state index is 0.449. The van der Waals surface area contributed by atoms with Crippen LogP contribution in [-0.2, 0) is 4.79 Å². The molecule has 0 radical (unpaired) electrons. The third-order valence-electron chi connectivity index (χ3n) is 2.27. The van der Waals surface area contributed by atoms with Crippen LogP contribution in [0.4, 0.5) is 5.13 Å². The molecule has 1 aromatic heterocycles. The molecule has 1 aromatic carbocycles. The molecule has 17 heavy (non-hydrogen) atoms. The zero-order valence-corrected chi connectivity index (χ0v) is 9.98. The number of allylic oxidation sites excluding steroid dienone is 1. The summed E-state index contributed by atoms with van der Waals surface area (Å²) < 4.78 is 0. The number of benzene rings is 1. The highest BCUT2D eigenvalue weighted by Gasteiger charge is 2.01. The number of hydrogen-bond acceptors (Lipinski definition) is 4. The van der Waals surface area contributed by atoms with Crippen molar-refractivity contribution in [1.82, 2.24) is 4.98 Å². The summed E-state index contributed by atoms with van der Waals surface area (Å²) in [5.74, 6) is 0.